The van der Waals surface area contributed by atoms with E-state index in [1.54, 1.807) is 0 Å². The van der Waals surface area contributed by atoms with Crippen molar-refractivity contribution in [1.82, 2.24) is 0 Å². The lowest BCUT2D eigenvalue weighted by atomic mass is 9.82. The highest BCUT2D eigenvalue weighted by Gasteiger charge is 2.32. The molecule has 0 nitrogen and oxygen atoms in total. The zero-order valence-corrected chi connectivity index (χ0v) is 19.0. The Bertz CT molecular complexity index is 767. The molecule has 2 aromatic carbocycles. The first-order valence-corrected chi connectivity index (χ1v) is 12.7. The number of hydrogen-bond donors (Lipinski definition) is 0. The summed E-state index contributed by atoms with van der Waals surface area (Å²) in [7, 11) is 0. The number of allylic oxidation sites excluding steroid dienone is 3. The van der Waals surface area contributed by atoms with E-state index in [0.29, 0.717) is 0 Å². The van der Waals surface area contributed by atoms with Crippen LogP contribution < -0.4 is 10.6 Å². The van der Waals surface area contributed by atoms with Crippen LogP contribution in [0, 0.1) is 5.41 Å². The van der Waals surface area contributed by atoms with Gasteiger partial charge in [-0.15, -0.1) is 6.58 Å². The molecule has 0 aliphatic heterocycles. The molecule has 0 atom stereocenters. The summed E-state index contributed by atoms with van der Waals surface area (Å²) in [5.74, 6) is 0. The Balaban J connectivity index is 2.86. The summed E-state index contributed by atoms with van der Waals surface area (Å²) >= 11 is 6.62. The van der Waals surface area contributed by atoms with Crippen LogP contribution >= 0.6 is 6.04 Å². The molecule has 0 spiro atoms. The van der Waals surface area contributed by atoms with E-state index in [0.717, 1.165) is 12.8 Å². The van der Waals surface area contributed by atoms with Crippen LogP contribution in [0.15, 0.2) is 84.2 Å². The van der Waals surface area contributed by atoms with Gasteiger partial charge in [-0.3, -0.25) is 0 Å². The highest BCUT2D eigenvalue weighted by molar-refractivity contribution is 8.24. The van der Waals surface area contributed by atoms with E-state index < -0.39 is 6.04 Å². The monoisotopic (exact) mass is 396 g/mol. The summed E-state index contributed by atoms with van der Waals surface area (Å²) in [4.78, 5) is 0. The molecule has 0 unspecified atom stereocenters. The minimum atomic E-state index is -2.10. The van der Waals surface area contributed by atoms with Crippen molar-refractivity contribution in [3.63, 3.8) is 0 Å². The quantitative estimate of drug-likeness (QED) is 0.336. The highest BCUT2D eigenvalue weighted by Crippen LogP contribution is 2.57. The van der Waals surface area contributed by atoms with Gasteiger partial charge in [0.2, 0.25) is 0 Å². The van der Waals surface area contributed by atoms with Crippen molar-refractivity contribution in [3.8, 4) is 0 Å². The van der Waals surface area contributed by atoms with E-state index in [4.69, 9.17) is 11.8 Å². The minimum absolute atomic E-state index is 0.0983. The molecular formula is C25H33PS. The molecule has 0 aliphatic carbocycles. The van der Waals surface area contributed by atoms with Crippen molar-refractivity contribution in [2.75, 3.05) is 0 Å². The van der Waals surface area contributed by atoms with E-state index in [9.17, 15) is 0 Å². The lowest BCUT2D eigenvalue weighted by Crippen LogP contribution is -2.21. The molecule has 0 heterocycles. The standard InChI is InChI=1S/C25H33PS/c1-6-8-20-23(25(3,4)5)24(15-7-2)26(27,21-16-11-9-12-17-21)22-18-13-10-14-19-22/h7,9-14,16-19H,2,6,8,15,20H2,1,3-5H3/b24-23+. The Labute approximate surface area is 171 Å². The third kappa shape index (κ3) is 5.09. The first kappa shape index (κ1) is 21.9. The number of benzene rings is 2. The second-order valence-corrected chi connectivity index (χ2v) is 12.5. The summed E-state index contributed by atoms with van der Waals surface area (Å²) in [6.07, 6.45) is 6.41. The molecule has 0 bridgehead atoms. The predicted molar refractivity (Wildman–Crippen MR) is 127 cm³/mol. The van der Waals surface area contributed by atoms with Gasteiger partial charge in [0.05, 0.1) is 0 Å². The topological polar surface area (TPSA) is 0 Å². The second kappa shape index (κ2) is 9.67. The molecule has 2 heteroatoms. The molecule has 0 amide bonds. The third-order valence-corrected chi connectivity index (χ3v) is 10.2. The van der Waals surface area contributed by atoms with Crippen LogP contribution in [0.1, 0.15) is 53.4 Å². The van der Waals surface area contributed by atoms with Crippen molar-refractivity contribution in [3.05, 3.63) is 84.2 Å². The van der Waals surface area contributed by atoms with Crippen LogP contribution in [0.25, 0.3) is 0 Å². The van der Waals surface area contributed by atoms with Gasteiger partial charge in [0, 0.05) is 6.04 Å². The molecule has 0 radical (unpaired) electrons. The SMILES string of the molecule is C=CC/C(=C(/CCCC)C(C)(C)C)P(=S)(c1ccccc1)c1ccccc1. The summed E-state index contributed by atoms with van der Waals surface area (Å²) in [6, 6.07) is 19.4. The van der Waals surface area contributed by atoms with Crippen LogP contribution in [0.3, 0.4) is 0 Å². The van der Waals surface area contributed by atoms with Crippen LogP contribution in [-0.4, -0.2) is 0 Å². The van der Waals surface area contributed by atoms with Gasteiger partial charge in [0.25, 0.3) is 0 Å². The van der Waals surface area contributed by atoms with Gasteiger partial charge in [-0.25, -0.2) is 0 Å². The van der Waals surface area contributed by atoms with Gasteiger partial charge in [-0.1, -0.05) is 118 Å². The first-order chi connectivity index (χ1) is 12.9. The smallest absolute Gasteiger partial charge is 0.0343 e. The lowest BCUT2D eigenvalue weighted by Gasteiger charge is -2.34. The number of unbranched alkanes of at least 4 members (excludes halogenated alkanes) is 1. The zero-order chi connectivity index (χ0) is 19.9. The Hall–Kier alpha value is -1.43. The van der Waals surface area contributed by atoms with E-state index in [1.807, 2.05) is 6.08 Å². The maximum Gasteiger partial charge on any atom is 0.0343 e. The Kier molecular flexibility index (Phi) is 7.83. The average Bonchev–Trinajstić information content (AvgIpc) is 2.67. The normalized spacial score (nSPS) is 13.2. The summed E-state index contributed by atoms with van der Waals surface area (Å²) in [5, 5.41) is 3.99. The molecule has 0 N–H and O–H groups in total. The molecule has 0 aliphatic rings. The number of hydrogen-bond acceptors (Lipinski definition) is 1. The van der Waals surface area contributed by atoms with Gasteiger partial charge in [-0.2, -0.15) is 0 Å². The van der Waals surface area contributed by atoms with Gasteiger partial charge < -0.3 is 0 Å². The minimum Gasteiger partial charge on any atom is -0.103 e. The Morgan fingerprint density at radius 3 is 1.81 bits per heavy atom. The average molecular weight is 397 g/mol. The van der Waals surface area contributed by atoms with Crippen LogP contribution in [0.2, 0.25) is 0 Å². The van der Waals surface area contributed by atoms with Crippen molar-refractivity contribution in [1.29, 1.82) is 0 Å². The van der Waals surface area contributed by atoms with Crippen LogP contribution in [-0.2, 0) is 11.8 Å². The van der Waals surface area contributed by atoms with Gasteiger partial charge in [0.15, 0.2) is 0 Å². The predicted octanol–water partition coefficient (Wildman–Crippen LogP) is 7.18. The van der Waals surface area contributed by atoms with E-state index in [-0.39, 0.29) is 5.41 Å². The molecule has 0 fully saturated rings. The Morgan fingerprint density at radius 1 is 0.963 bits per heavy atom. The van der Waals surface area contributed by atoms with Gasteiger partial charge in [-0.05, 0) is 40.6 Å². The van der Waals surface area contributed by atoms with Gasteiger partial charge >= 0.3 is 0 Å². The molecule has 0 saturated heterocycles. The zero-order valence-electron chi connectivity index (χ0n) is 17.2. The largest absolute Gasteiger partial charge is 0.103 e. The molecule has 144 valence electrons. The maximum absolute atomic E-state index is 6.62. The first-order valence-electron chi connectivity index (χ1n) is 9.91. The molecule has 0 saturated carbocycles. The Morgan fingerprint density at radius 2 is 1.44 bits per heavy atom. The fourth-order valence-electron chi connectivity index (χ4n) is 3.62. The maximum atomic E-state index is 6.62. The van der Waals surface area contributed by atoms with Crippen molar-refractivity contribution < 1.29 is 0 Å². The van der Waals surface area contributed by atoms with Gasteiger partial charge in [0.1, 0.15) is 0 Å². The molecule has 0 aromatic heterocycles. The van der Waals surface area contributed by atoms with E-state index in [2.05, 4.69) is 94.9 Å². The second-order valence-electron chi connectivity index (χ2n) is 8.05. The third-order valence-electron chi connectivity index (χ3n) is 4.99. The number of rotatable bonds is 8. The summed E-state index contributed by atoms with van der Waals surface area (Å²) < 4.78 is 0. The lowest BCUT2D eigenvalue weighted by molar-refractivity contribution is 0.472. The fourth-order valence-corrected chi connectivity index (χ4v) is 8.22. The molecular weight excluding hydrogens is 363 g/mol. The van der Waals surface area contributed by atoms with E-state index >= 15 is 0 Å². The summed E-state index contributed by atoms with van der Waals surface area (Å²) in [6.45, 7) is 13.3. The van der Waals surface area contributed by atoms with Crippen molar-refractivity contribution in [2.45, 2.75) is 53.4 Å². The van der Waals surface area contributed by atoms with Crippen molar-refractivity contribution in [2.24, 2.45) is 5.41 Å². The highest BCUT2D eigenvalue weighted by atomic mass is 32.4. The van der Waals surface area contributed by atoms with Crippen LogP contribution in [0.5, 0.6) is 0 Å². The van der Waals surface area contributed by atoms with Crippen molar-refractivity contribution >= 4 is 28.5 Å². The van der Waals surface area contributed by atoms with Crippen LogP contribution in [0.4, 0.5) is 0 Å². The summed E-state index contributed by atoms with van der Waals surface area (Å²) in [5.41, 5.74) is 1.63. The van der Waals surface area contributed by atoms with E-state index in [1.165, 1.54) is 34.3 Å². The molecule has 27 heavy (non-hydrogen) atoms. The molecule has 2 rings (SSSR count). The fraction of sp³-hybridized carbons (Fsp3) is 0.360. The molecule has 2 aromatic rings.